The van der Waals surface area contributed by atoms with Gasteiger partial charge in [-0.1, -0.05) is 0 Å². The van der Waals surface area contributed by atoms with E-state index < -0.39 is 8.07 Å². The normalized spacial score (nSPS) is 13.9. The van der Waals surface area contributed by atoms with E-state index in [1.54, 1.807) is 0 Å². The molecule has 1 atom stereocenters. The number of hydrogen-bond acceptors (Lipinski definition) is 0. The molecular formula is C12H19ClSeSi. The number of benzene rings is 1. The fraction of sp³-hybridized carbons (Fsp3) is 0.500. The van der Waals surface area contributed by atoms with Crippen LogP contribution in [-0.4, -0.2) is 28.4 Å². The van der Waals surface area contributed by atoms with Crippen LogP contribution < -0.4 is 4.46 Å². The average molecular weight is 306 g/mol. The van der Waals surface area contributed by atoms with Crippen LogP contribution in [0.4, 0.5) is 0 Å². The van der Waals surface area contributed by atoms with E-state index in [4.69, 9.17) is 11.6 Å². The predicted octanol–water partition coefficient (Wildman–Crippen LogP) is 3.38. The van der Waals surface area contributed by atoms with Crippen LogP contribution >= 0.6 is 11.6 Å². The van der Waals surface area contributed by atoms with E-state index in [-0.39, 0.29) is 0 Å². The second-order valence-corrected chi connectivity index (χ2v) is 13.4. The Morgan fingerprint density at radius 1 is 1.20 bits per heavy atom. The first kappa shape index (κ1) is 13.3. The molecule has 0 saturated carbocycles. The van der Waals surface area contributed by atoms with E-state index in [0.29, 0.717) is 20.3 Å². The summed E-state index contributed by atoms with van der Waals surface area (Å²) in [5, 5.41) is 1.56. The van der Waals surface area contributed by atoms with Gasteiger partial charge < -0.3 is 0 Å². The molecule has 1 aromatic rings. The third-order valence-corrected chi connectivity index (χ3v) is 7.17. The van der Waals surface area contributed by atoms with Crippen molar-refractivity contribution in [1.82, 2.24) is 0 Å². The van der Waals surface area contributed by atoms with Crippen LogP contribution in [0, 0.1) is 0 Å². The van der Waals surface area contributed by atoms with Gasteiger partial charge >= 0.3 is 106 Å². The van der Waals surface area contributed by atoms with Crippen molar-refractivity contribution in [3.8, 4) is 0 Å². The number of rotatable bonds is 5. The molecule has 84 valence electrons. The van der Waals surface area contributed by atoms with Crippen LogP contribution in [0.15, 0.2) is 30.3 Å². The monoisotopic (exact) mass is 306 g/mol. The fourth-order valence-corrected chi connectivity index (χ4v) is 6.85. The zero-order valence-electron chi connectivity index (χ0n) is 9.66. The van der Waals surface area contributed by atoms with Gasteiger partial charge in [0.05, 0.1) is 0 Å². The molecule has 0 radical (unpaired) electrons. The Bertz CT molecular complexity index is 281. The molecule has 0 aliphatic carbocycles. The summed E-state index contributed by atoms with van der Waals surface area (Å²) in [6.45, 7) is 7.16. The summed E-state index contributed by atoms with van der Waals surface area (Å²) in [5.74, 6) is 0. The summed E-state index contributed by atoms with van der Waals surface area (Å²) < 4.78 is 1.46. The molecule has 0 heterocycles. The topological polar surface area (TPSA) is 0 Å². The van der Waals surface area contributed by atoms with E-state index in [9.17, 15) is 0 Å². The molecule has 0 spiro atoms. The Kier molecular flexibility index (Phi) is 5.41. The van der Waals surface area contributed by atoms with Gasteiger partial charge in [-0.3, -0.25) is 0 Å². The van der Waals surface area contributed by atoms with Gasteiger partial charge in [-0.2, -0.15) is 0 Å². The van der Waals surface area contributed by atoms with Gasteiger partial charge in [-0.25, -0.2) is 0 Å². The van der Waals surface area contributed by atoms with Gasteiger partial charge in [0.2, 0.25) is 0 Å². The van der Waals surface area contributed by atoms with Crippen molar-refractivity contribution in [3.05, 3.63) is 30.3 Å². The van der Waals surface area contributed by atoms with Gasteiger partial charge in [-0.05, 0) is 0 Å². The Labute approximate surface area is 106 Å². The fourth-order valence-electron chi connectivity index (χ4n) is 1.43. The van der Waals surface area contributed by atoms with Gasteiger partial charge in [-0.15, -0.1) is 0 Å². The van der Waals surface area contributed by atoms with Crippen molar-refractivity contribution in [2.45, 2.75) is 36.4 Å². The van der Waals surface area contributed by atoms with E-state index in [1.807, 2.05) is 0 Å². The molecule has 3 heteroatoms. The number of hydrogen-bond donors (Lipinski definition) is 0. The average Bonchev–Trinajstić information content (AvgIpc) is 2.14. The van der Waals surface area contributed by atoms with Crippen molar-refractivity contribution in [2.75, 3.05) is 0 Å². The van der Waals surface area contributed by atoms with Gasteiger partial charge in [0.1, 0.15) is 0 Å². The first-order valence-corrected chi connectivity index (χ1v) is 11.5. The summed E-state index contributed by atoms with van der Waals surface area (Å²) in [6.07, 6.45) is 0. The molecule has 0 aromatic heterocycles. The quantitative estimate of drug-likeness (QED) is 0.578. The molecule has 0 nitrogen and oxygen atoms in total. The van der Waals surface area contributed by atoms with E-state index in [2.05, 4.69) is 50.0 Å². The molecule has 15 heavy (non-hydrogen) atoms. The van der Waals surface area contributed by atoms with Crippen LogP contribution in [-0.2, 0) is 0 Å². The van der Waals surface area contributed by atoms with Crippen molar-refractivity contribution >= 4 is 39.1 Å². The Morgan fingerprint density at radius 2 is 1.80 bits per heavy atom. The minimum atomic E-state index is -0.980. The Balaban J connectivity index is 2.32. The van der Waals surface area contributed by atoms with E-state index >= 15 is 0 Å². The minimum absolute atomic E-state index is 0.386. The molecule has 0 fully saturated rings. The molecule has 0 aliphatic rings. The summed E-state index contributed by atoms with van der Waals surface area (Å²) in [4.78, 5) is 0. The summed E-state index contributed by atoms with van der Waals surface area (Å²) >= 11 is 6.91. The standard InChI is InChI=1S/C12H19ClSeSi/c1-15(2,3)10-11(13)9-14-12-7-5-4-6-8-12/h4-8,11H,9-10H2,1-3H3. The molecular weight excluding hydrogens is 287 g/mol. The van der Waals surface area contributed by atoms with Crippen LogP contribution in [0.3, 0.4) is 0 Å². The second-order valence-electron chi connectivity index (χ2n) is 4.99. The van der Waals surface area contributed by atoms with Crippen LogP contribution in [0.25, 0.3) is 0 Å². The predicted molar refractivity (Wildman–Crippen MR) is 74.4 cm³/mol. The molecule has 1 rings (SSSR count). The first-order chi connectivity index (χ1) is 6.97. The van der Waals surface area contributed by atoms with Gasteiger partial charge in [0, 0.05) is 0 Å². The molecule has 0 saturated heterocycles. The van der Waals surface area contributed by atoms with E-state index in [1.165, 1.54) is 15.8 Å². The van der Waals surface area contributed by atoms with E-state index in [0.717, 1.165) is 0 Å². The third kappa shape index (κ3) is 6.42. The Hall–Kier alpha value is 0.246. The van der Waals surface area contributed by atoms with Crippen molar-refractivity contribution in [1.29, 1.82) is 0 Å². The number of halogens is 1. The maximum absolute atomic E-state index is 6.37. The van der Waals surface area contributed by atoms with Gasteiger partial charge in [0.25, 0.3) is 0 Å². The summed E-state index contributed by atoms with van der Waals surface area (Å²) in [7, 11) is -0.980. The first-order valence-electron chi connectivity index (χ1n) is 5.29. The Morgan fingerprint density at radius 3 is 2.33 bits per heavy atom. The summed E-state index contributed by atoms with van der Waals surface area (Å²) in [6, 6.07) is 11.9. The third-order valence-electron chi connectivity index (χ3n) is 2.01. The maximum atomic E-state index is 6.37. The van der Waals surface area contributed by atoms with Crippen molar-refractivity contribution in [2.24, 2.45) is 0 Å². The molecule has 0 N–H and O–H groups in total. The second kappa shape index (κ2) is 6.10. The van der Waals surface area contributed by atoms with Crippen molar-refractivity contribution in [3.63, 3.8) is 0 Å². The molecule has 0 amide bonds. The SMILES string of the molecule is C[Si](C)(C)CC(Cl)C[Se]c1ccccc1. The van der Waals surface area contributed by atoms with Crippen molar-refractivity contribution < 1.29 is 0 Å². The molecule has 1 unspecified atom stereocenters. The summed E-state index contributed by atoms with van der Waals surface area (Å²) in [5.41, 5.74) is 0. The zero-order valence-corrected chi connectivity index (χ0v) is 13.1. The van der Waals surface area contributed by atoms with Crippen LogP contribution in [0.1, 0.15) is 0 Å². The molecule has 0 bridgehead atoms. The van der Waals surface area contributed by atoms with Crippen LogP contribution in [0.2, 0.25) is 31.0 Å². The molecule has 1 aromatic carbocycles. The number of alkyl halides is 1. The van der Waals surface area contributed by atoms with Gasteiger partial charge in [0.15, 0.2) is 0 Å². The molecule has 0 aliphatic heterocycles. The zero-order chi connectivity index (χ0) is 11.3. The van der Waals surface area contributed by atoms with Crippen LogP contribution in [0.5, 0.6) is 0 Å².